The van der Waals surface area contributed by atoms with E-state index in [-0.39, 0.29) is 30.3 Å². The van der Waals surface area contributed by atoms with Gasteiger partial charge in [-0.25, -0.2) is 4.79 Å². The van der Waals surface area contributed by atoms with Crippen molar-refractivity contribution in [2.24, 2.45) is 0 Å². The first kappa shape index (κ1) is 12.7. The Morgan fingerprint density at radius 2 is 2.29 bits per heavy atom. The van der Waals surface area contributed by atoms with Crippen molar-refractivity contribution in [3.05, 3.63) is 23.5 Å². The van der Waals surface area contributed by atoms with Gasteiger partial charge in [-0.05, 0) is 19.9 Å². The number of rotatable bonds is 2. The van der Waals surface area contributed by atoms with Gasteiger partial charge in [0.1, 0.15) is 11.3 Å². The number of halogens is 1. The van der Waals surface area contributed by atoms with Crippen LogP contribution < -0.4 is 0 Å². The molecule has 0 spiro atoms. The number of aromatic nitrogens is 1. The minimum Gasteiger partial charge on any atom is -0.507 e. The van der Waals surface area contributed by atoms with E-state index < -0.39 is 5.97 Å². The summed E-state index contributed by atoms with van der Waals surface area (Å²) in [6.07, 6.45) is 1.44. The van der Waals surface area contributed by atoms with E-state index in [0.717, 1.165) is 0 Å². The van der Waals surface area contributed by atoms with Crippen LogP contribution in [0.3, 0.4) is 0 Å². The number of hydrogen-bond donors (Lipinski definition) is 1. The van der Waals surface area contributed by atoms with Crippen LogP contribution >= 0.6 is 12.4 Å². The highest BCUT2D eigenvalue weighted by atomic mass is 35.5. The number of carbonyl (C=O) groups excluding carboxylic acids is 1. The van der Waals surface area contributed by atoms with Gasteiger partial charge in [0.25, 0.3) is 0 Å². The van der Waals surface area contributed by atoms with Crippen LogP contribution in [0.5, 0.6) is 5.75 Å². The molecule has 1 aromatic heterocycles. The largest absolute Gasteiger partial charge is 0.507 e. The predicted octanol–water partition coefficient (Wildman–Crippen LogP) is 1.69. The van der Waals surface area contributed by atoms with Crippen LogP contribution in [0.2, 0.25) is 0 Å². The van der Waals surface area contributed by atoms with E-state index in [1.807, 2.05) is 0 Å². The number of aromatic hydroxyl groups is 1. The van der Waals surface area contributed by atoms with Gasteiger partial charge in [-0.15, -0.1) is 12.4 Å². The molecule has 0 aliphatic heterocycles. The SMILES string of the molecule is CCOC(=O)c1c(O)ccnc1C.Cl. The number of hydrogen-bond acceptors (Lipinski definition) is 4. The average Bonchev–Trinajstić information content (AvgIpc) is 2.04. The quantitative estimate of drug-likeness (QED) is 0.766. The van der Waals surface area contributed by atoms with Crippen LogP contribution in [0.25, 0.3) is 0 Å². The molecule has 0 aromatic carbocycles. The fraction of sp³-hybridized carbons (Fsp3) is 0.333. The summed E-state index contributed by atoms with van der Waals surface area (Å²) in [7, 11) is 0. The van der Waals surface area contributed by atoms with Gasteiger partial charge in [-0.1, -0.05) is 0 Å². The molecule has 0 aliphatic carbocycles. The second kappa shape index (κ2) is 5.44. The first-order valence-corrected chi connectivity index (χ1v) is 3.98. The minimum atomic E-state index is -0.536. The number of ether oxygens (including phenoxy) is 1. The first-order chi connectivity index (χ1) is 6.16. The Bertz CT molecular complexity index is 308. The maximum Gasteiger partial charge on any atom is 0.343 e. The van der Waals surface area contributed by atoms with Gasteiger partial charge in [-0.3, -0.25) is 4.98 Å². The highest BCUT2D eigenvalue weighted by Gasteiger charge is 2.15. The molecule has 1 N–H and O–H groups in total. The molecule has 1 aromatic rings. The Morgan fingerprint density at radius 1 is 1.64 bits per heavy atom. The van der Waals surface area contributed by atoms with Crippen molar-refractivity contribution in [1.29, 1.82) is 0 Å². The van der Waals surface area contributed by atoms with E-state index in [0.29, 0.717) is 5.69 Å². The lowest BCUT2D eigenvalue weighted by Gasteiger charge is -2.05. The fourth-order valence-electron chi connectivity index (χ4n) is 1.01. The molecule has 0 unspecified atom stereocenters. The third kappa shape index (κ3) is 2.60. The maximum absolute atomic E-state index is 11.3. The van der Waals surface area contributed by atoms with Crippen molar-refractivity contribution < 1.29 is 14.6 Å². The Balaban J connectivity index is 0.00000169. The van der Waals surface area contributed by atoms with Crippen molar-refractivity contribution in [3.8, 4) is 5.75 Å². The van der Waals surface area contributed by atoms with Crippen molar-refractivity contribution in [2.75, 3.05) is 6.61 Å². The van der Waals surface area contributed by atoms with Gasteiger partial charge in [0.05, 0.1) is 12.3 Å². The average molecular weight is 218 g/mol. The van der Waals surface area contributed by atoms with Crippen LogP contribution in [0, 0.1) is 6.92 Å². The number of aryl methyl sites for hydroxylation is 1. The van der Waals surface area contributed by atoms with E-state index >= 15 is 0 Å². The van der Waals surface area contributed by atoms with Crippen molar-refractivity contribution >= 4 is 18.4 Å². The van der Waals surface area contributed by atoms with Crippen LogP contribution in [0.4, 0.5) is 0 Å². The third-order valence-corrected chi connectivity index (χ3v) is 1.60. The summed E-state index contributed by atoms with van der Waals surface area (Å²) in [5.74, 6) is -0.628. The lowest BCUT2D eigenvalue weighted by Crippen LogP contribution is -2.07. The predicted molar refractivity (Wildman–Crippen MR) is 53.8 cm³/mol. The number of esters is 1. The highest BCUT2D eigenvalue weighted by molar-refractivity contribution is 5.93. The second-order valence-electron chi connectivity index (χ2n) is 2.51. The van der Waals surface area contributed by atoms with Crippen LogP contribution in [-0.2, 0) is 4.74 Å². The van der Waals surface area contributed by atoms with E-state index in [9.17, 15) is 9.90 Å². The first-order valence-electron chi connectivity index (χ1n) is 3.98. The molecule has 1 heterocycles. The molecule has 0 bridgehead atoms. The standard InChI is InChI=1S/C9H11NO3.ClH/c1-3-13-9(12)8-6(2)10-5-4-7(8)11;/h4-5H,3H2,1-2H3,(H,10,11);1H. The van der Waals surface area contributed by atoms with E-state index in [4.69, 9.17) is 4.74 Å². The van der Waals surface area contributed by atoms with Gasteiger partial charge in [-0.2, -0.15) is 0 Å². The molecular formula is C9H12ClNO3. The van der Waals surface area contributed by atoms with Crippen LogP contribution in [0.1, 0.15) is 23.0 Å². The molecular weight excluding hydrogens is 206 g/mol. The molecule has 0 fully saturated rings. The van der Waals surface area contributed by atoms with Gasteiger partial charge < -0.3 is 9.84 Å². The smallest absolute Gasteiger partial charge is 0.343 e. The molecule has 0 atom stereocenters. The molecule has 0 amide bonds. The molecule has 0 saturated heterocycles. The van der Waals surface area contributed by atoms with E-state index in [1.54, 1.807) is 13.8 Å². The van der Waals surface area contributed by atoms with E-state index in [2.05, 4.69) is 4.98 Å². The molecule has 1 rings (SSSR count). The normalized spacial score (nSPS) is 9.00. The van der Waals surface area contributed by atoms with Gasteiger partial charge in [0.15, 0.2) is 0 Å². The molecule has 78 valence electrons. The van der Waals surface area contributed by atoms with Crippen molar-refractivity contribution in [3.63, 3.8) is 0 Å². The molecule has 0 radical (unpaired) electrons. The molecule has 0 saturated carbocycles. The van der Waals surface area contributed by atoms with Gasteiger partial charge in [0, 0.05) is 6.20 Å². The molecule has 14 heavy (non-hydrogen) atoms. The summed E-state index contributed by atoms with van der Waals surface area (Å²) in [6, 6.07) is 1.36. The Morgan fingerprint density at radius 3 is 2.79 bits per heavy atom. The number of pyridine rings is 1. The molecule has 0 aliphatic rings. The summed E-state index contributed by atoms with van der Waals surface area (Å²) < 4.78 is 4.75. The third-order valence-electron chi connectivity index (χ3n) is 1.60. The zero-order valence-electron chi connectivity index (χ0n) is 7.98. The van der Waals surface area contributed by atoms with Gasteiger partial charge in [0.2, 0.25) is 0 Å². The highest BCUT2D eigenvalue weighted by Crippen LogP contribution is 2.18. The van der Waals surface area contributed by atoms with E-state index in [1.165, 1.54) is 12.3 Å². The minimum absolute atomic E-state index is 0. The topological polar surface area (TPSA) is 59.4 Å². The van der Waals surface area contributed by atoms with Crippen LogP contribution in [0.15, 0.2) is 12.3 Å². The van der Waals surface area contributed by atoms with Crippen LogP contribution in [-0.4, -0.2) is 22.7 Å². The summed E-state index contributed by atoms with van der Waals surface area (Å²) >= 11 is 0. The Hall–Kier alpha value is -1.29. The lowest BCUT2D eigenvalue weighted by molar-refractivity contribution is 0.0521. The number of carbonyl (C=O) groups is 1. The monoisotopic (exact) mass is 217 g/mol. The summed E-state index contributed by atoms with van der Waals surface area (Å²) in [5, 5.41) is 9.35. The summed E-state index contributed by atoms with van der Waals surface area (Å²) in [6.45, 7) is 3.64. The molecule has 4 nitrogen and oxygen atoms in total. The zero-order chi connectivity index (χ0) is 9.84. The fourth-order valence-corrected chi connectivity index (χ4v) is 1.01. The van der Waals surface area contributed by atoms with Gasteiger partial charge >= 0.3 is 5.97 Å². The second-order valence-corrected chi connectivity index (χ2v) is 2.51. The maximum atomic E-state index is 11.3. The molecule has 5 heteroatoms. The zero-order valence-corrected chi connectivity index (χ0v) is 8.80. The number of nitrogens with zero attached hydrogens (tertiary/aromatic N) is 1. The summed E-state index contributed by atoms with van der Waals surface area (Å²) in [5.41, 5.74) is 0.614. The Labute approximate surface area is 88.3 Å². The van der Waals surface area contributed by atoms with Crippen molar-refractivity contribution in [1.82, 2.24) is 4.98 Å². The summed E-state index contributed by atoms with van der Waals surface area (Å²) in [4.78, 5) is 15.1. The lowest BCUT2D eigenvalue weighted by atomic mass is 10.2. The van der Waals surface area contributed by atoms with Crippen molar-refractivity contribution in [2.45, 2.75) is 13.8 Å². The Kier molecular flexibility index (Phi) is 4.94.